The maximum Gasteiger partial charge on any atom is 0.257 e. The molecule has 0 aliphatic heterocycles. The number of halogens is 2. The first kappa shape index (κ1) is 19.3. The van der Waals surface area contributed by atoms with Crippen LogP contribution in [0.2, 0.25) is 0 Å². The first-order valence-electron chi connectivity index (χ1n) is 8.63. The highest BCUT2D eigenvalue weighted by Gasteiger charge is 2.21. The zero-order valence-corrected chi connectivity index (χ0v) is 17.0. The molecule has 0 radical (unpaired) electrons. The summed E-state index contributed by atoms with van der Waals surface area (Å²) in [6.07, 6.45) is 0. The second-order valence-corrected chi connectivity index (χ2v) is 8.24. The Bertz CT molecular complexity index is 961. The third kappa shape index (κ3) is 4.63. The largest absolute Gasteiger partial charge is 0.307 e. The molecule has 27 heavy (non-hydrogen) atoms. The molecule has 0 aliphatic carbocycles. The lowest BCUT2D eigenvalue weighted by Gasteiger charge is -2.14. The zero-order chi connectivity index (χ0) is 19.6. The number of rotatable bonds is 4. The summed E-state index contributed by atoms with van der Waals surface area (Å²) < 4.78 is 15.5. The van der Waals surface area contributed by atoms with Crippen molar-refractivity contribution in [1.82, 2.24) is 9.78 Å². The summed E-state index contributed by atoms with van der Waals surface area (Å²) in [6, 6.07) is 15.8. The van der Waals surface area contributed by atoms with Gasteiger partial charge in [-0.05, 0) is 39.7 Å². The highest BCUT2D eigenvalue weighted by atomic mass is 79.9. The van der Waals surface area contributed by atoms with Crippen molar-refractivity contribution < 1.29 is 9.18 Å². The Hall–Kier alpha value is -2.47. The molecule has 4 nitrogen and oxygen atoms in total. The average molecular weight is 430 g/mol. The summed E-state index contributed by atoms with van der Waals surface area (Å²) in [6.45, 7) is 6.76. The number of anilines is 1. The number of benzene rings is 2. The van der Waals surface area contributed by atoms with Crippen LogP contribution in [-0.2, 0) is 12.0 Å². The van der Waals surface area contributed by atoms with Gasteiger partial charge in [0.05, 0.1) is 17.8 Å². The molecule has 0 fully saturated rings. The van der Waals surface area contributed by atoms with Crippen LogP contribution in [-0.4, -0.2) is 15.7 Å². The van der Waals surface area contributed by atoms with Gasteiger partial charge in [0.2, 0.25) is 0 Å². The van der Waals surface area contributed by atoms with E-state index in [1.54, 1.807) is 4.68 Å². The Morgan fingerprint density at radius 2 is 1.85 bits per heavy atom. The number of amides is 1. The van der Waals surface area contributed by atoms with Crippen molar-refractivity contribution >= 4 is 27.7 Å². The van der Waals surface area contributed by atoms with Crippen LogP contribution in [0.4, 0.5) is 10.2 Å². The predicted molar refractivity (Wildman–Crippen MR) is 109 cm³/mol. The maximum atomic E-state index is 13.3. The highest BCUT2D eigenvalue weighted by Crippen LogP contribution is 2.26. The molecule has 0 saturated carbocycles. The summed E-state index contributed by atoms with van der Waals surface area (Å²) in [5.74, 6) is -0.121. The van der Waals surface area contributed by atoms with Gasteiger partial charge in [-0.2, -0.15) is 5.10 Å². The second-order valence-electron chi connectivity index (χ2n) is 7.39. The molecule has 2 aromatic carbocycles. The summed E-state index contributed by atoms with van der Waals surface area (Å²) in [5.41, 5.74) is 2.17. The minimum atomic E-state index is -0.400. The molecule has 140 valence electrons. The van der Waals surface area contributed by atoms with Gasteiger partial charge in [0.15, 0.2) is 0 Å². The normalized spacial score (nSPS) is 11.4. The maximum absolute atomic E-state index is 13.3. The molecule has 0 spiro atoms. The Morgan fingerprint density at radius 1 is 1.15 bits per heavy atom. The first-order chi connectivity index (χ1) is 12.7. The third-order valence-corrected chi connectivity index (χ3v) is 4.80. The summed E-state index contributed by atoms with van der Waals surface area (Å²) in [7, 11) is 0. The zero-order valence-electron chi connectivity index (χ0n) is 15.5. The molecule has 3 aromatic rings. The Labute approximate surface area is 166 Å². The fraction of sp³-hybridized carbons (Fsp3) is 0.238. The lowest BCUT2D eigenvalue weighted by atomic mass is 9.92. The Morgan fingerprint density at radius 3 is 2.48 bits per heavy atom. The summed E-state index contributed by atoms with van der Waals surface area (Å²) in [4.78, 5) is 12.7. The van der Waals surface area contributed by atoms with Gasteiger partial charge in [-0.1, -0.05) is 51.1 Å². The van der Waals surface area contributed by atoms with Gasteiger partial charge in [0, 0.05) is 16.0 Å². The molecular weight excluding hydrogens is 409 g/mol. The second kappa shape index (κ2) is 7.64. The third-order valence-electron chi connectivity index (χ3n) is 4.14. The Kier molecular flexibility index (Phi) is 5.46. The van der Waals surface area contributed by atoms with Crippen LogP contribution in [0.25, 0.3) is 0 Å². The van der Waals surface area contributed by atoms with E-state index in [0.29, 0.717) is 22.4 Å². The number of nitrogens with zero attached hydrogens (tertiary/aromatic N) is 2. The van der Waals surface area contributed by atoms with Crippen molar-refractivity contribution in [2.24, 2.45) is 0 Å². The van der Waals surface area contributed by atoms with Crippen LogP contribution in [0.5, 0.6) is 0 Å². The van der Waals surface area contributed by atoms with E-state index in [4.69, 9.17) is 5.10 Å². The monoisotopic (exact) mass is 429 g/mol. The molecule has 0 bridgehead atoms. The predicted octanol–water partition coefficient (Wildman–Crippen LogP) is 5.38. The number of carbonyl (C=O) groups excluding carboxylic acids is 1. The molecule has 1 N–H and O–H groups in total. The van der Waals surface area contributed by atoms with Gasteiger partial charge in [-0.15, -0.1) is 0 Å². The van der Waals surface area contributed by atoms with Crippen LogP contribution in [0.15, 0.2) is 59.1 Å². The van der Waals surface area contributed by atoms with Crippen molar-refractivity contribution in [2.45, 2.75) is 32.7 Å². The van der Waals surface area contributed by atoms with Crippen molar-refractivity contribution in [3.63, 3.8) is 0 Å². The SMILES string of the molecule is CC(C)(C)c1cc(NC(=O)c2ccc(F)cc2Br)n(Cc2ccccc2)n1. The molecule has 0 saturated heterocycles. The highest BCUT2D eigenvalue weighted by molar-refractivity contribution is 9.10. The number of carbonyl (C=O) groups is 1. The smallest absolute Gasteiger partial charge is 0.257 e. The fourth-order valence-electron chi connectivity index (χ4n) is 2.62. The molecule has 1 amide bonds. The van der Waals surface area contributed by atoms with Crippen LogP contribution >= 0.6 is 15.9 Å². The fourth-order valence-corrected chi connectivity index (χ4v) is 3.15. The van der Waals surface area contributed by atoms with E-state index in [1.165, 1.54) is 18.2 Å². The van der Waals surface area contributed by atoms with E-state index in [0.717, 1.165) is 11.3 Å². The number of hydrogen-bond acceptors (Lipinski definition) is 2. The molecular formula is C21H21BrFN3O. The molecule has 0 unspecified atom stereocenters. The van der Waals surface area contributed by atoms with Crippen LogP contribution in [0.3, 0.4) is 0 Å². The van der Waals surface area contributed by atoms with E-state index in [9.17, 15) is 9.18 Å². The van der Waals surface area contributed by atoms with Crippen LogP contribution in [0.1, 0.15) is 42.4 Å². The van der Waals surface area contributed by atoms with E-state index in [1.807, 2.05) is 36.4 Å². The lowest BCUT2D eigenvalue weighted by molar-refractivity contribution is 0.102. The summed E-state index contributed by atoms with van der Waals surface area (Å²) in [5, 5.41) is 7.60. The van der Waals surface area contributed by atoms with Crippen molar-refractivity contribution in [2.75, 3.05) is 5.32 Å². The molecule has 3 rings (SSSR count). The standard InChI is InChI=1S/C21H21BrFN3O/c1-21(2,3)18-12-19(26(25-18)13-14-7-5-4-6-8-14)24-20(27)16-10-9-15(23)11-17(16)22/h4-12H,13H2,1-3H3,(H,24,27). The van der Waals surface area contributed by atoms with Crippen molar-refractivity contribution in [1.29, 1.82) is 0 Å². The van der Waals surface area contributed by atoms with E-state index >= 15 is 0 Å². The van der Waals surface area contributed by atoms with Crippen LogP contribution in [0, 0.1) is 5.82 Å². The van der Waals surface area contributed by atoms with E-state index in [2.05, 4.69) is 42.0 Å². The van der Waals surface area contributed by atoms with Gasteiger partial charge in [-0.25, -0.2) is 9.07 Å². The Balaban J connectivity index is 1.93. The van der Waals surface area contributed by atoms with Gasteiger partial charge < -0.3 is 5.32 Å². The quantitative estimate of drug-likeness (QED) is 0.604. The lowest BCUT2D eigenvalue weighted by Crippen LogP contribution is -2.17. The first-order valence-corrected chi connectivity index (χ1v) is 9.42. The molecule has 1 aromatic heterocycles. The molecule has 0 atom stereocenters. The van der Waals surface area contributed by atoms with Crippen LogP contribution < -0.4 is 5.32 Å². The van der Waals surface area contributed by atoms with Crippen molar-refractivity contribution in [3.05, 3.63) is 81.7 Å². The summed E-state index contributed by atoms with van der Waals surface area (Å²) >= 11 is 3.25. The molecule has 6 heteroatoms. The number of aromatic nitrogens is 2. The topological polar surface area (TPSA) is 46.9 Å². The molecule has 1 heterocycles. The van der Waals surface area contributed by atoms with Crippen molar-refractivity contribution in [3.8, 4) is 0 Å². The van der Waals surface area contributed by atoms with E-state index < -0.39 is 5.82 Å². The number of nitrogens with one attached hydrogen (secondary N) is 1. The van der Waals surface area contributed by atoms with Gasteiger partial charge in [0.1, 0.15) is 11.6 Å². The minimum absolute atomic E-state index is 0.155. The molecule has 0 aliphatic rings. The van der Waals surface area contributed by atoms with Gasteiger partial charge >= 0.3 is 0 Å². The van der Waals surface area contributed by atoms with Gasteiger partial charge in [-0.3, -0.25) is 4.79 Å². The van der Waals surface area contributed by atoms with Gasteiger partial charge in [0.25, 0.3) is 5.91 Å². The number of hydrogen-bond donors (Lipinski definition) is 1. The average Bonchev–Trinajstić information content (AvgIpc) is 2.98. The minimum Gasteiger partial charge on any atom is -0.307 e. The van der Waals surface area contributed by atoms with E-state index in [-0.39, 0.29) is 11.3 Å².